The molecule has 6 rings (SSSR count). The summed E-state index contributed by atoms with van der Waals surface area (Å²) in [5.41, 5.74) is -0.861. The Balaban J connectivity index is 1.69. The number of nitrogens with zero attached hydrogens (tertiary/aromatic N) is 4. The number of phenolic OH excluding ortho intramolecular Hbond substituents is 2. The van der Waals surface area contributed by atoms with Gasteiger partial charge in [-0.1, -0.05) is 12.8 Å². The molecule has 1 saturated heterocycles. The lowest BCUT2D eigenvalue weighted by atomic mass is 9.98. The summed E-state index contributed by atoms with van der Waals surface area (Å²) in [5, 5.41) is 20.1. The molecule has 4 aromatic rings. The van der Waals surface area contributed by atoms with Crippen molar-refractivity contribution < 1.29 is 32.9 Å². The number of rotatable bonds is 2. The van der Waals surface area contributed by atoms with Crippen LogP contribution >= 0.6 is 0 Å². The smallest absolute Gasteiger partial charge is 0.318 e. The molecule has 1 atom stereocenters. The van der Waals surface area contributed by atoms with E-state index in [2.05, 4.69) is 19.9 Å². The molecule has 11 heteroatoms. The van der Waals surface area contributed by atoms with Gasteiger partial charge in [0.15, 0.2) is 17.5 Å². The normalized spacial score (nSPS) is 17.4. The Morgan fingerprint density at radius 2 is 1.83 bits per heavy atom. The van der Waals surface area contributed by atoms with E-state index < -0.39 is 40.0 Å². The van der Waals surface area contributed by atoms with Gasteiger partial charge < -0.3 is 24.6 Å². The summed E-state index contributed by atoms with van der Waals surface area (Å²) in [6, 6.07) is 2.61. The van der Waals surface area contributed by atoms with Crippen molar-refractivity contribution in [1.29, 1.82) is 0 Å². The fraction of sp³-hybridized carbons (Fsp3) is 0.320. The SMILES string of the molecule is COc1nc2c3c(nc(-c4cc(O)cc5c(O)cc(F)c(F)c45)c(F)c3n1)OCC1CCCCCN21. The third kappa shape index (κ3) is 3.33. The third-order valence-electron chi connectivity index (χ3n) is 6.80. The van der Waals surface area contributed by atoms with Crippen LogP contribution in [0.15, 0.2) is 18.2 Å². The highest BCUT2D eigenvalue weighted by molar-refractivity contribution is 6.03. The zero-order valence-electron chi connectivity index (χ0n) is 19.2. The zero-order chi connectivity index (χ0) is 25.1. The summed E-state index contributed by atoms with van der Waals surface area (Å²) < 4.78 is 56.7. The molecule has 0 bridgehead atoms. The van der Waals surface area contributed by atoms with E-state index in [0.29, 0.717) is 18.4 Å². The first-order valence-corrected chi connectivity index (χ1v) is 11.6. The van der Waals surface area contributed by atoms with Crippen molar-refractivity contribution in [2.45, 2.75) is 31.7 Å². The topological polar surface area (TPSA) is 101 Å². The minimum Gasteiger partial charge on any atom is -0.508 e. The fourth-order valence-electron chi connectivity index (χ4n) is 5.12. The van der Waals surface area contributed by atoms with Crippen LogP contribution in [0.1, 0.15) is 25.7 Å². The number of pyridine rings is 1. The molecule has 0 saturated carbocycles. The number of phenols is 2. The van der Waals surface area contributed by atoms with Crippen LogP contribution in [0.25, 0.3) is 32.9 Å². The Morgan fingerprint density at radius 3 is 2.64 bits per heavy atom. The molecule has 0 radical (unpaired) electrons. The number of benzene rings is 2. The lowest BCUT2D eigenvalue weighted by Crippen LogP contribution is -2.38. The second-order valence-corrected chi connectivity index (χ2v) is 8.95. The van der Waals surface area contributed by atoms with Crippen molar-refractivity contribution in [2.75, 3.05) is 25.2 Å². The van der Waals surface area contributed by atoms with E-state index in [1.54, 1.807) is 0 Å². The molecule has 36 heavy (non-hydrogen) atoms. The average molecular weight is 498 g/mol. The van der Waals surface area contributed by atoms with Crippen LogP contribution in [0.2, 0.25) is 0 Å². The maximum atomic E-state index is 16.2. The summed E-state index contributed by atoms with van der Waals surface area (Å²) in [5.74, 6) is -4.16. The van der Waals surface area contributed by atoms with Gasteiger partial charge in [0, 0.05) is 28.9 Å². The molecular weight excluding hydrogens is 477 g/mol. The van der Waals surface area contributed by atoms with Crippen LogP contribution in [-0.4, -0.2) is 51.5 Å². The van der Waals surface area contributed by atoms with Gasteiger partial charge >= 0.3 is 6.01 Å². The van der Waals surface area contributed by atoms with Crippen molar-refractivity contribution in [1.82, 2.24) is 15.0 Å². The highest BCUT2D eigenvalue weighted by atomic mass is 19.2. The van der Waals surface area contributed by atoms with Gasteiger partial charge in [0.1, 0.15) is 40.5 Å². The number of methoxy groups -OCH3 is 1. The molecule has 2 aromatic heterocycles. The van der Waals surface area contributed by atoms with Gasteiger partial charge in [0.25, 0.3) is 0 Å². The molecule has 8 nitrogen and oxygen atoms in total. The number of aromatic nitrogens is 3. The molecule has 2 aliphatic heterocycles. The fourth-order valence-corrected chi connectivity index (χ4v) is 5.12. The highest BCUT2D eigenvalue weighted by Gasteiger charge is 2.33. The van der Waals surface area contributed by atoms with E-state index >= 15 is 4.39 Å². The van der Waals surface area contributed by atoms with Gasteiger partial charge in [0.2, 0.25) is 5.88 Å². The zero-order valence-corrected chi connectivity index (χ0v) is 19.2. The molecular formula is C25H21F3N4O4. The summed E-state index contributed by atoms with van der Waals surface area (Å²) in [4.78, 5) is 15.1. The van der Waals surface area contributed by atoms with Crippen molar-refractivity contribution in [2.24, 2.45) is 0 Å². The first-order chi connectivity index (χ1) is 17.4. The molecule has 2 aromatic carbocycles. The number of hydrogen-bond donors (Lipinski definition) is 2. The van der Waals surface area contributed by atoms with Crippen molar-refractivity contribution >= 4 is 27.5 Å². The largest absolute Gasteiger partial charge is 0.508 e. The van der Waals surface area contributed by atoms with Gasteiger partial charge in [-0.05, 0) is 25.0 Å². The summed E-state index contributed by atoms with van der Waals surface area (Å²) >= 11 is 0. The molecule has 4 heterocycles. The summed E-state index contributed by atoms with van der Waals surface area (Å²) in [6.45, 7) is 0.948. The van der Waals surface area contributed by atoms with Crippen LogP contribution in [-0.2, 0) is 0 Å². The number of halogens is 3. The molecule has 1 unspecified atom stereocenters. The van der Waals surface area contributed by atoms with Crippen molar-refractivity contribution in [3.05, 3.63) is 35.7 Å². The molecule has 2 N–H and O–H groups in total. The van der Waals surface area contributed by atoms with Crippen LogP contribution in [0.3, 0.4) is 0 Å². The van der Waals surface area contributed by atoms with Gasteiger partial charge in [-0.25, -0.2) is 18.2 Å². The first kappa shape index (κ1) is 22.4. The molecule has 0 amide bonds. The van der Waals surface area contributed by atoms with Crippen LogP contribution in [0, 0.1) is 17.5 Å². The molecule has 1 fully saturated rings. The Hall–Kier alpha value is -4.02. The molecule has 2 aliphatic rings. The predicted molar refractivity (Wildman–Crippen MR) is 125 cm³/mol. The monoisotopic (exact) mass is 498 g/mol. The standard InChI is InChI=1S/C25H21F3N4O4/c1-35-25-30-22-18-23(31-25)32-6-4-2-3-5-11(32)10-36-24(18)29-21(20(22)28)14-8-12(33)7-13-16(34)9-15(26)19(27)17(13)14/h7-9,11,33-34H,2-6,10H2,1H3. The molecule has 0 spiro atoms. The third-order valence-corrected chi connectivity index (χ3v) is 6.80. The second kappa shape index (κ2) is 8.28. The number of hydrogen-bond acceptors (Lipinski definition) is 8. The quantitative estimate of drug-likeness (QED) is 0.406. The minimum absolute atomic E-state index is 0.0268. The average Bonchev–Trinajstić information content (AvgIpc) is 3.18. The lowest BCUT2D eigenvalue weighted by molar-refractivity contribution is 0.275. The maximum absolute atomic E-state index is 16.2. The van der Waals surface area contributed by atoms with Crippen LogP contribution < -0.4 is 14.4 Å². The predicted octanol–water partition coefficient (Wildman–Crippen LogP) is 4.82. The number of anilines is 1. The Morgan fingerprint density at radius 1 is 1.00 bits per heavy atom. The Bertz CT molecular complexity index is 1550. The van der Waals surface area contributed by atoms with E-state index in [0.717, 1.165) is 37.8 Å². The summed E-state index contributed by atoms with van der Waals surface area (Å²) in [6.07, 6.45) is 3.83. The van der Waals surface area contributed by atoms with E-state index in [9.17, 15) is 19.0 Å². The Kier molecular flexibility index (Phi) is 5.16. The van der Waals surface area contributed by atoms with Gasteiger partial charge in [-0.3, -0.25) is 0 Å². The van der Waals surface area contributed by atoms with E-state index in [-0.39, 0.29) is 46.4 Å². The van der Waals surface area contributed by atoms with Crippen LogP contribution in [0.4, 0.5) is 19.0 Å². The van der Waals surface area contributed by atoms with Gasteiger partial charge in [-0.2, -0.15) is 9.97 Å². The van der Waals surface area contributed by atoms with E-state index in [4.69, 9.17) is 9.47 Å². The van der Waals surface area contributed by atoms with Crippen molar-refractivity contribution in [3.63, 3.8) is 0 Å². The highest BCUT2D eigenvalue weighted by Crippen LogP contribution is 2.44. The molecule has 186 valence electrons. The lowest BCUT2D eigenvalue weighted by Gasteiger charge is -2.28. The summed E-state index contributed by atoms with van der Waals surface area (Å²) in [7, 11) is 1.37. The number of fused-ring (bicyclic) bond motifs is 3. The minimum atomic E-state index is -1.33. The van der Waals surface area contributed by atoms with E-state index in [1.165, 1.54) is 7.11 Å². The van der Waals surface area contributed by atoms with Gasteiger partial charge in [0.05, 0.1) is 13.2 Å². The van der Waals surface area contributed by atoms with Gasteiger partial charge in [-0.15, -0.1) is 0 Å². The number of ether oxygens (including phenoxy) is 2. The molecule has 0 aliphatic carbocycles. The van der Waals surface area contributed by atoms with Crippen LogP contribution in [0.5, 0.6) is 23.4 Å². The van der Waals surface area contributed by atoms with Crippen molar-refractivity contribution in [3.8, 4) is 34.6 Å². The van der Waals surface area contributed by atoms with E-state index in [1.807, 2.05) is 0 Å². The Labute approximate surface area is 202 Å². The number of aromatic hydroxyl groups is 2. The first-order valence-electron chi connectivity index (χ1n) is 11.6. The second-order valence-electron chi connectivity index (χ2n) is 8.95. The maximum Gasteiger partial charge on any atom is 0.318 e.